The monoisotopic (exact) mass is 487 g/mol. The van der Waals surface area contributed by atoms with E-state index in [-0.39, 0.29) is 17.5 Å². The molecule has 6 nitrogen and oxygen atoms in total. The van der Waals surface area contributed by atoms with Crippen molar-refractivity contribution >= 4 is 17.4 Å². The third-order valence-electron chi connectivity index (χ3n) is 5.62. The molecule has 1 aliphatic rings. The Kier molecular flexibility index (Phi) is 6.72. The molecule has 1 fully saturated rings. The van der Waals surface area contributed by atoms with E-state index in [1.807, 2.05) is 0 Å². The fraction of sp³-hybridized carbons (Fsp3) is 0.240. The number of benzene rings is 1. The van der Waals surface area contributed by atoms with Gasteiger partial charge < -0.3 is 15.0 Å². The molecular formula is C25H23F4N4O2+. The molecule has 35 heavy (non-hydrogen) atoms. The van der Waals surface area contributed by atoms with Crippen LogP contribution in [-0.2, 0) is 13.2 Å². The van der Waals surface area contributed by atoms with Gasteiger partial charge in [0.05, 0.1) is 18.2 Å². The van der Waals surface area contributed by atoms with Crippen LogP contribution in [0.5, 0.6) is 5.75 Å². The molecule has 0 radical (unpaired) electrons. The van der Waals surface area contributed by atoms with Crippen LogP contribution in [0.1, 0.15) is 28.0 Å². The summed E-state index contributed by atoms with van der Waals surface area (Å²) in [5.74, 6) is -0.183. The number of nitrogens with one attached hydrogen (secondary N) is 1. The zero-order valence-electron chi connectivity index (χ0n) is 18.8. The number of hydrogen-bond donors (Lipinski definition) is 1. The first-order chi connectivity index (χ1) is 16.6. The minimum atomic E-state index is -4.49. The maximum Gasteiger partial charge on any atom is 0.433 e. The van der Waals surface area contributed by atoms with Crippen molar-refractivity contribution in [3.63, 3.8) is 0 Å². The molecule has 182 valence electrons. The maximum atomic E-state index is 13.7. The van der Waals surface area contributed by atoms with Crippen molar-refractivity contribution < 1.29 is 31.7 Å². The van der Waals surface area contributed by atoms with Crippen LogP contribution < -0.4 is 19.5 Å². The lowest BCUT2D eigenvalue weighted by atomic mass is 10.1. The second-order valence-electron chi connectivity index (χ2n) is 8.16. The summed E-state index contributed by atoms with van der Waals surface area (Å²) >= 11 is 0. The van der Waals surface area contributed by atoms with Crippen molar-refractivity contribution in [3.05, 3.63) is 90.1 Å². The third kappa shape index (κ3) is 5.76. The predicted molar refractivity (Wildman–Crippen MR) is 121 cm³/mol. The van der Waals surface area contributed by atoms with Gasteiger partial charge in [0.25, 0.3) is 5.91 Å². The molecule has 1 aromatic carbocycles. The number of alkyl halides is 3. The van der Waals surface area contributed by atoms with E-state index in [2.05, 4.69) is 16.9 Å². The zero-order chi connectivity index (χ0) is 25.2. The molecule has 1 amide bonds. The lowest BCUT2D eigenvalue weighted by Gasteiger charge is -2.19. The van der Waals surface area contributed by atoms with Gasteiger partial charge in [-0.3, -0.25) is 4.79 Å². The van der Waals surface area contributed by atoms with Crippen molar-refractivity contribution in [2.24, 2.45) is 7.05 Å². The fourth-order valence-electron chi connectivity index (χ4n) is 3.68. The van der Waals surface area contributed by atoms with Gasteiger partial charge in [-0.25, -0.2) is 4.98 Å². The van der Waals surface area contributed by atoms with Gasteiger partial charge in [-0.15, -0.1) is 4.39 Å². The normalized spacial score (nSPS) is 15.7. The maximum absolute atomic E-state index is 13.7. The minimum Gasteiger partial charge on any atom is -0.489 e. The van der Waals surface area contributed by atoms with E-state index in [0.29, 0.717) is 36.5 Å². The van der Waals surface area contributed by atoms with Gasteiger partial charge in [0.15, 0.2) is 6.20 Å². The van der Waals surface area contributed by atoms with Gasteiger partial charge in [0.2, 0.25) is 0 Å². The number of nitrogens with zero attached hydrogens (tertiary/aromatic N) is 3. The second kappa shape index (κ2) is 9.73. The van der Waals surface area contributed by atoms with Crippen LogP contribution in [0, 0.1) is 5.95 Å². The molecule has 4 rings (SSSR count). The summed E-state index contributed by atoms with van der Waals surface area (Å²) in [6, 6.07) is 13.4. The van der Waals surface area contributed by atoms with Crippen molar-refractivity contribution in [1.29, 1.82) is 0 Å². The number of amides is 1. The van der Waals surface area contributed by atoms with Gasteiger partial charge >= 0.3 is 12.1 Å². The largest absolute Gasteiger partial charge is 0.489 e. The molecule has 3 aromatic rings. The highest BCUT2D eigenvalue weighted by Crippen LogP contribution is 2.30. The Hall–Kier alpha value is -3.95. The predicted octanol–water partition coefficient (Wildman–Crippen LogP) is 4.12. The molecule has 0 aliphatic carbocycles. The van der Waals surface area contributed by atoms with Crippen LogP contribution in [0.25, 0.3) is 5.70 Å². The number of halogens is 4. The van der Waals surface area contributed by atoms with Gasteiger partial charge in [-0.05, 0) is 42.0 Å². The Bertz CT molecular complexity index is 1240. The minimum absolute atomic E-state index is 0.169. The van der Waals surface area contributed by atoms with Gasteiger partial charge in [-0.1, -0.05) is 12.6 Å². The number of pyridine rings is 2. The topological polar surface area (TPSA) is 58.3 Å². The van der Waals surface area contributed by atoms with Crippen LogP contribution in [-0.4, -0.2) is 30.1 Å². The van der Waals surface area contributed by atoms with Crippen molar-refractivity contribution in [3.8, 4) is 5.75 Å². The molecule has 1 N–H and O–H groups in total. The van der Waals surface area contributed by atoms with Crippen molar-refractivity contribution in [1.82, 2.24) is 10.3 Å². The van der Waals surface area contributed by atoms with Gasteiger partial charge in [0.1, 0.15) is 30.4 Å². The molecule has 0 spiro atoms. The summed E-state index contributed by atoms with van der Waals surface area (Å²) in [5, 5.41) is 2.65. The van der Waals surface area contributed by atoms with Crippen molar-refractivity contribution in [2.75, 3.05) is 18.0 Å². The summed E-state index contributed by atoms with van der Waals surface area (Å²) in [5.41, 5.74) is 0.239. The summed E-state index contributed by atoms with van der Waals surface area (Å²) in [7, 11) is 1.53. The first-order valence-electron chi connectivity index (χ1n) is 10.8. The molecule has 10 heteroatoms. The number of aromatic nitrogens is 2. The Morgan fingerprint density at radius 2 is 1.91 bits per heavy atom. The Balaban J connectivity index is 1.33. The average molecular weight is 487 g/mol. The highest BCUT2D eigenvalue weighted by molar-refractivity contribution is 5.99. The van der Waals surface area contributed by atoms with E-state index in [1.54, 1.807) is 35.2 Å². The lowest BCUT2D eigenvalue weighted by molar-refractivity contribution is -0.700. The Labute approximate surface area is 199 Å². The quantitative estimate of drug-likeness (QED) is 0.323. The zero-order valence-corrected chi connectivity index (χ0v) is 18.8. The van der Waals surface area contributed by atoms with Crippen LogP contribution in [0.15, 0.2) is 67.4 Å². The second-order valence-corrected chi connectivity index (χ2v) is 8.16. The molecule has 2 aromatic heterocycles. The number of ether oxygens (including phenoxy) is 1. The van der Waals surface area contributed by atoms with Gasteiger partial charge in [-0.2, -0.15) is 17.7 Å². The van der Waals surface area contributed by atoms with Crippen LogP contribution in [0.3, 0.4) is 0 Å². The molecule has 3 heterocycles. The number of carbonyl (C=O) groups excluding carboxylic acids is 1. The molecule has 1 aliphatic heterocycles. The molecule has 1 atom stereocenters. The number of rotatable bonds is 6. The third-order valence-corrected chi connectivity index (χ3v) is 5.62. The number of carbonyl (C=O) groups is 1. The lowest BCUT2D eigenvalue weighted by Crippen LogP contribution is -2.33. The van der Waals surface area contributed by atoms with E-state index in [9.17, 15) is 22.4 Å². The SMILES string of the molecule is C=C(NC(=O)c1cc[n+](C)c(F)c1)c1ccc(OC2CCN(c3cccc(C(F)(F)F)n3)C2)cc1. The first-order valence-corrected chi connectivity index (χ1v) is 10.8. The molecule has 1 saturated heterocycles. The van der Waals surface area contributed by atoms with Gasteiger partial charge in [0, 0.05) is 24.7 Å². The molecule has 0 bridgehead atoms. The van der Waals surface area contributed by atoms with E-state index in [1.165, 1.54) is 29.9 Å². The van der Waals surface area contributed by atoms with E-state index in [4.69, 9.17) is 4.74 Å². The van der Waals surface area contributed by atoms with Crippen LogP contribution in [0.4, 0.5) is 23.4 Å². The Morgan fingerprint density at radius 3 is 2.60 bits per heavy atom. The standard InChI is InChI=1S/C25H22F4N4O2/c1-16(30-24(34)18-10-12-32(2)22(26)14-18)17-6-8-19(9-7-17)35-20-11-13-33(15-20)23-5-3-4-21(31-23)25(27,28)29/h3-10,12,14,20H,1,11,13,15H2,2H3/p+1. The summed E-state index contributed by atoms with van der Waals surface area (Å²) in [6.45, 7) is 4.80. The van der Waals surface area contributed by atoms with Crippen LogP contribution >= 0.6 is 0 Å². The van der Waals surface area contributed by atoms with E-state index < -0.39 is 23.7 Å². The molecular weight excluding hydrogens is 464 g/mol. The highest BCUT2D eigenvalue weighted by atomic mass is 19.4. The molecule has 1 unspecified atom stereocenters. The fourth-order valence-corrected chi connectivity index (χ4v) is 3.68. The highest BCUT2D eigenvalue weighted by Gasteiger charge is 2.33. The van der Waals surface area contributed by atoms with Crippen LogP contribution in [0.2, 0.25) is 0 Å². The number of hydrogen-bond acceptors (Lipinski definition) is 4. The smallest absolute Gasteiger partial charge is 0.433 e. The van der Waals surface area contributed by atoms with E-state index >= 15 is 0 Å². The number of aryl methyl sites for hydroxylation is 1. The van der Waals surface area contributed by atoms with E-state index in [0.717, 1.165) is 12.1 Å². The number of anilines is 1. The first kappa shape index (κ1) is 24.2. The summed E-state index contributed by atoms with van der Waals surface area (Å²) < 4.78 is 59.8. The average Bonchev–Trinajstić information content (AvgIpc) is 3.29. The summed E-state index contributed by atoms with van der Waals surface area (Å²) in [4.78, 5) is 17.9. The molecule has 0 saturated carbocycles. The van der Waals surface area contributed by atoms with Crippen molar-refractivity contribution in [2.45, 2.75) is 18.7 Å². The Morgan fingerprint density at radius 1 is 1.17 bits per heavy atom. The summed E-state index contributed by atoms with van der Waals surface area (Å²) in [6.07, 6.45) is -2.62.